The Bertz CT molecular complexity index is 449. The summed E-state index contributed by atoms with van der Waals surface area (Å²) in [7, 11) is 0. The van der Waals surface area contributed by atoms with E-state index in [4.69, 9.17) is 11.6 Å². The van der Waals surface area contributed by atoms with Crippen molar-refractivity contribution in [3.63, 3.8) is 0 Å². The Hall–Kier alpha value is -1.07. The van der Waals surface area contributed by atoms with E-state index in [1.807, 2.05) is 30.3 Å². The van der Waals surface area contributed by atoms with Crippen LogP contribution in [0.5, 0.6) is 0 Å². The summed E-state index contributed by atoms with van der Waals surface area (Å²) in [6.07, 6.45) is -4.39. The summed E-state index contributed by atoms with van der Waals surface area (Å²) in [6.45, 7) is 0.275. The Balaban J connectivity index is 2.08. The number of halogens is 4. The minimum absolute atomic E-state index is 0.0569. The molecule has 1 aromatic carbocycles. The lowest BCUT2D eigenvalue weighted by molar-refractivity contribution is -0.181. The molecule has 1 heterocycles. The van der Waals surface area contributed by atoms with Crippen LogP contribution in [-0.4, -0.2) is 29.4 Å². The van der Waals surface area contributed by atoms with E-state index in [2.05, 4.69) is 0 Å². The minimum atomic E-state index is -4.39. The summed E-state index contributed by atoms with van der Waals surface area (Å²) in [5.41, 5.74) is 0.922. The lowest BCUT2D eigenvalue weighted by atomic mass is 9.97. The molecule has 2 atom stereocenters. The van der Waals surface area contributed by atoms with E-state index in [0.717, 1.165) is 5.56 Å². The highest BCUT2D eigenvalue weighted by Crippen LogP contribution is 2.38. The average Bonchev–Trinajstić information content (AvgIpc) is 2.74. The number of hydrogen-bond donors (Lipinski definition) is 0. The quantitative estimate of drug-likeness (QED) is 0.798. The third kappa shape index (κ3) is 3.48. The molecule has 6 heteroatoms. The van der Waals surface area contributed by atoms with Gasteiger partial charge in [-0.25, -0.2) is 0 Å². The highest BCUT2D eigenvalue weighted by Gasteiger charge is 2.51. The molecule has 1 aliphatic heterocycles. The van der Waals surface area contributed by atoms with Gasteiger partial charge in [-0.2, -0.15) is 13.2 Å². The molecule has 2 nitrogen and oxygen atoms in total. The van der Waals surface area contributed by atoms with E-state index >= 15 is 0 Å². The number of nitrogens with zero attached hydrogens (tertiary/aromatic N) is 1. The summed E-state index contributed by atoms with van der Waals surface area (Å²) in [5.74, 6) is -2.83. The van der Waals surface area contributed by atoms with Gasteiger partial charge in [0.15, 0.2) is 0 Å². The third-order valence-corrected chi connectivity index (χ3v) is 3.64. The Morgan fingerprint density at radius 3 is 2.37 bits per heavy atom. The van der Waals surface area contributed by atoms with Gasteiger partial charge in [0.05, 0.1) is 11.8 Å². The molecule has 0 saturated carbocycles. The SMILES string of the molecule is O=C(Cl)C1CN(Cc2ccccc2)CC1C(F)(F)F. The number of hydrogen-bond acceptors (Lipinski definition) is 2. The second-order valence-electron chi connectivity index (χ2n) is 4.74. The van der Waals surface area contributed by atoms with Crippen molar-refractivity contribution in [1.29, 1.82) is 0 Å². The van der Waals surface area contributed by atoms with Gasteiger partial charge < -0.3 is 0 Å². The molecular weight excluding hydrogens is 279 g/mol. The molecule has 2 rings (SSSR count). The zero-order chi connectivity index (χ0) is 14.0. The fourth-order valence-corrected chi connectivity index (χ4v) is 2.64. The molecule has 19 heavy (non-hydrogen) atoms. The van der Waals surface area contributed by atoms with Gasteiger partial charge in [0.2, 0.25) is 5.24 Å². The van der Waals surface area contributed by atoms with Crippen LogP contribution in [0.2, 0.25) is 0 Å². The molecule has 0 N–H and O–H groups in total. The van der Waals surface area contributed by atoms with E-state index in [9.17, 15) is 18.0 Å². The summed E-state index contributed by atoms with van der Waals surface area (Å²) in [4.78, 5) is 12.8. The summed E-state index contributed by atoms with van der Waals surface area (Å²) in [6, 6.07) is 9.20. The predicted octanol–water partition coefficient (Wildman–Crippen LogP) is 3.06. The number of benzene rings is 1. The van der Waals surface area contributed by atoms with Crippen LogP contribution in [0.4, 0.5) is 13.2 Å². The number of likely N-dealkylation sites (tertiary alicyclic amines) is 1. The summed E-state index contributed by atoms with van der Waals surface area (Å²) in [5, 5.41) is -0.905. The van der Waals surface area contributed by atoms with Crippen molar-refractivity contribution in [3.8, 4) is 0 Å². The topological polar surface area (TPSA) is 20.3 Å². The minimum Gasteiger partial charge on any atom is -0.298 e. The number of alkyl halides is 3. The Kier molecular flexibility index (Phi) is 4.16. The molecule has 0 aromatic heterocycles. The molecule has 1 saturated heterocycles. The largest absolute Gasteiger partial charge is 0.393 e. The van der Waals surface area contributed by atoms with Gasteiger partial charge in [0.25, 0.3) is 0 Å². The van der Waals surface area contributed by atoms with Crippen molar-refractivity contribution in [2.75, 3.05) is 13.1 Å². The first-order valence-electron chi connectivity index (χ1n) is 5.90. The molecule has 0 radical (unpaired) electrons. The summed E-state index contributed by atoms with van der Waals surface area (Å²) >= 11 is 5.29. The molecule has 0 bridgehead atoms. The molecule has 1 aliphatic rings. The van der Waals surface area contributed by atoms with E-state index in [0.29, 0.717) is 6.54 Å². The number of carbonyl (C=O) groups excluding carboxylic acids is 1. The second-order valence-corrected chi connectivity index (χ2v) is 5.11. The lowest BCUT2D eigenvalue weighted by Gasteiger charge is -2.18. The van der Waals surface area contributed by atoms with Gasteiger partial charge in [-0.15, -0.1) is 0 Å². The highest BCUT2D eigenvalue weighted by atomic mass is 35.5. The van der Waals surface area contributed by atoms with Crippen molar-refractivity contribution in [2.45, 2.75) is 12.7 Å². The third-order valence-electron chi connectivity index (χ3n) is 3.36. The Morgan fingerprint density at radius 2 is 1.89 bits per heavy atom. The summed E-state index contributed by atoms with van der Waals surface area (Å²) < 4.78 is 38.5. The average molecular weight is 292 g/mol. The Morgan fingerprint density at radius 1 is 1.26 bits per heavy atom. The van der Waals surface area contributed by atoms with Crippen LogP contribution in [0.3, 0.4) is 0 Å². The van der Waals surface area contributed by atoms with E-state index in [1.165, 1.54) is 0 Å². The molecule has 0 spiro atoms. The molecule has 0 aliphatic carbocycles. The first-order chi connectivity index (χ1) is 8.88. The fraction of sp³-hybridized carbons (Fsp3) is 0.462. The standard InChI is InChI=1S/C13H13ClF3NO/c14-12(19)10-7-18(8-11(10)13(15,16)17)6-9-4-2-1-3-5-9/h1-5,10-11H,6-8H2. The van der Waals surface area contributed by atoms with Crippen LogP contribution < -0.4 is 0 Å². The van der Waals surface area contributed by atoms with Crippen molar-refractivity contribution in [3.05, 3.63) is 35.9 Å². The fourth-order valence-electron chi connectivity index (χ4n) is 2.42. The van der Waals surface area contributed by atoms with Crippen molar-refractivity contribution < 1.29 is 18.0 Å². The second kappa shape index (κ2) is 5.51. The first kappa shape index (κ1) is 14.3. The zero-order valence-electron chi connectivity index (χ0n) is 10.0. The Labute approximate surface area is 114 Å². The van der Waals surface area contributed by atoms with Crippen molar-refractivity contribution in [2.24, 2.45) is 11.8 Å². The van der Waals surface area contributed by atoms with Gasteiger partial charge in [0.1, 0.15) is 0 Å². The molecule has 2 unspecified atom stereocenters. The van der Waals surface area contributed by atoms with E-state index < -0.39 is 23.3 Å². The van der Waals surface area contributed by atoms with Crippen molar-refractivity contribution in [1.82, 2.24) is 4.90 Å². The van der Waals surface area contributed by atoms with Gasteiger partial charge in [0, 0.05) is 19.6 Å². The maximum atomic E-state index is 12.8. The molecular formula is C13H13ClF3NO. The van der Waals surface area contributed by atoms with Crippen molar-refractivity contribution >= 4 is 16.8 Å². The molecule has 0 amide bonds. The normalized spacial score (nSPS) is 24.6. The van der Waals surface area contributed by atoms with Crippen LogP contribution >= 0.6 is 11.6 Å². The molecule has 1 fully saturated rings. The monoisotopic (exact) mass is 291 g/mol. The van der Waals surface area contributed by atoms with Crippen LogP contribution in [0.15, 0.2) is 30.3 Å². The highest BCUT2D eigenvalue weighted by molar-refractivity contribution is 6.64. The first-order valence-corrected chi connectivity index (χ1v) is 6.28. The molecule has 1 aromatic rings. The van der Waals surface area contributed by atoms with Gasteiger partial charge >= 0.3 is 6.18 Å². The van der Waals surface area contributed by atoms with Gasteiger partial charge in [-0.3, -0.25) is 9.69 Å². The predicted molar refractivity (Wildman–Crippen MR) is 65.6 cm³/mol. The maximum Gasteiger partial charge on any atom is 0.393 e. The van der Waals surface area contributed by atoms with E-state index in [1.54, 1.807) is 4.90 Å². The van der Waals surface area contributed by atoms with Gasteiger partial charge in [-0.05, 0) is 17.2 Å². The number of rotatable bonds is 3. The lowest BCUT2D eigenvalue weighted by Crippen LogP contribution is -2.32. The van der Waals surface area contributed by atoms with Gasteiger partial charge in [-0.1, -0.05) is 30.3 Å². The molecule has 104 valence electrons. The smallest absolute Gasteiger partial charge is 0.298 e. The maximum absolute atomic E-state index is 12.8. The van der Waals surface area contributed by atoms with Crippen LogP contribution in [0.25, 0.3) is 0 Å². The number of carbonyl (C=O) groups is 1. The van der Waals surface area contributed by atoms with E-state index in [-0.39, 0.29) is 13.1 Å². The van der Waals surface area contributed by atoms with Crippen LogP contribution in [0, 0.1) is 11.8 Å². The zero-order valence-corrected chi connectivity index (χ0v) is 10.8. The van der Waals surface area contributed by atoms with Crippen LogP contribution in [0.1, 0.15) is 5.56 Å². The van der Waals surface area contributed by atoms with Crippen LogP contribution in [-0.2, 0) is 11.3 Å².